The van der Waals surface area contributed by atoms with Crippen LogP contribution in [0.2, 0.25) is 0 Å². The third-order valence-electron chi connectivity index (χ3n) is 2.73. The van der Waals surface area contributed by atoms with Crippen molar-refractivity contribution in [3.05, 3.63) is 74.0 Å². The lowest BCUT2D eigenvalue weighted by Crippen LogP contribution is -2.00. The molecule has 0 heterocycles. The van der Waals surface area contributed by atoms with E-state index in [2.05, 4.69) is 15.9 Å². The predicted octanol–water partition coefficient (Wildman–Crippen LogP) is 4.21. The van der Waals surface area contributed by atoms with Crippen molar-refractivity contribution in [2.75, 3.05) is 0 Å². The summed E-state index contributed by atoms with van der Waals surface area (Å²) in [5, 5.41) is 10.6. The molecule has 0 radical (unpaired) electrons. The van der Waals surface area contributed by atoms with E-state index in [1.165, 1.54) is 12.1 Å². The van der Waals surface area contributed by atoms with Crippen LogP contribution in [0, 0.1) is 15.9 Å². The fraction of sp³-hybridized carbons (Fsp3) is 0.143. The lowest BCUT2D eigenvalue weighted by Gasteiger charge is -2.07. The van der Waals surface area contributed by atoms with E-state index in [-0.39, 0.29) is 12.2 Å². The summed E-state index contributed by atoms with van der Waals surface area (Å²) in [5.41, 5.74) is 0.566. The molecule has 0 saturated carbocycles. The van der Waals surface area contributed by atoms with Crippen LogP contribution in [0.1, 0.15) is 11.1 Å². The van der Waals surface area contributed by atoms with E-state index in [0.29, 0.717) is 6.61 Å². The lowest BCUT2D eigenvalue weighted by molar-refractivity contribution is -0.387. The van der Waals surface area contributed by atoms with Crippen LogP contribution >= 0.6 is 15.9 Å². The third kappa shape index (κ3) is 3.40. The maximum absolute atomic E-state index is 13.8. The van der Waals surface area contributed by atoms with Crippen molar-refractivity contribution < 1.29 is 14.1 Å². The summed E-state index contributed by atoms with van der Waals surface area (Å²) in [4.78, 5) is 9.89. The van der Waals surface area contributed by atoms with Crippen molar-refractivity contribution in [1.82, 2.24) is 0 Å². The molecule has 0 saturated heterocycles. The maximum Gasteiger partial charge on any atom is 0.305 e. The Hall–Kier alpha value is -1.79. The molecule has 0 aromatic heterocycles. The smallest absolute Gasteiger partial charge is 0.305 e. The van der Waals surface area contributed by atoms with E-state index in [1.807, 2.05) is 24.3 Å². The highest BCUT2D eigenvalue weighted by molar-refractivity contribution is 9.10. The summed E-state index contributed by atoms with van der Waals surface area (Å²) in [6.07, 6.45) is 0. The fourth-order valence-electron chi connectivity index (χ4n) is 1.71. The first-order chi connectivity index (χ1) is 9.59. The third-order valence-corrected chi connectivity index (χ3v) is 3.50. The summed E-state index contributed by atoms with van der Waals surface area (Å²) in [6, 6.07) is 11.6. The first kappa shape index (κ1) is 14.6. The molecular weight excluding hydrogens is 329 g/mol. The van der Waals surface area contributed by atoms with Crippen molar-refractivity contribution in [2.24, 2.45) is 0 Å². The molecule has 4 nitrogen and oxygen atoms in total. The molecule has 0 aliphatic carbocycles. The van der Waals surface area contributed by atoms with Gasteiger partial charge in [0.2, 0.25) is 5.82 Å². The first-order valence-corrected chi connectivity index (χ1v) is 6.62. The molecule has 20 heavy (non-hydrogen) atoms. The molecule has 0 aliphatic heterocycles. The van der Waals surface area contributed by atoms with Gasteiger partial charge in [-0.05, 0) is 11.6 Å². The Bertz CT molecular complexity index is 634. The second-order valence-corrected chi connectivity index (χ2v) is 4.95. The highest BCUT2D eigenvalue weighted by Crippen LogP contribution is 2.22. The van der Waals surface area contributed by atoms with Gasteiger partial charge in [0.05, 0.1) is 18.1 Å². The lowest BCUT2D eigenvalue weighted by atomic mass is 10.2. The highest BCUT2D eigenvalue weighted by atomic mass is 79.9. The summed E-state index contributed by atoms with van der Waals surface area (Å²) in [6.45, 7) is 0.276. The SMILES string of the molecule is O=[N+]([O-])c1cccc(COCc2ccccc2Br)c1F. The van der Waals surface area contributed by atoms with E-state index in [4.69, 9.17) is 4.74 Å². The van der Waals surface area contributed by atoms with Crippen LogP contribution < -0.4 is 0 Å². The van der Waals surface area contributed by atoms with Crippen LogP contribution in [0.5, 0.6) is 0 Å². The summed E-state index contributed by atoms with van der Waals surface area (Å²) >= 11 is 3.38. The molecule has 2 rings (SSSR count). The van der Waals surface area contributed by atoms with Gasteiger partial charge in [-0.1, -0.05) is 46.3 Å². The molecule has 0 fully saturated rings. The zero-order valence-electron chi connectivity index (χ0n) is 10.4. The molecule has 0 aliphatic rings. The molecule has 0 bridgehead atoms. The Kier molecular flexibility index (Phi) is 4.81. The van der Waals surface area contributed by atoms with Gasteiger partial charge in [0.25, 0.3) is 0 Å². The number of hydrogen-bond donors (Lipinski definition) is 0. The van der Waals surface area contributed by atoms with Crippen LogP contribution in [0.4, 0.5) is 10.1 Å². The minimum absolute atomic E-state index is 0.0190. The molecular formula is C14H11BrFNO3. The van der Waals surface area contributed by atoms with Crippen LogP contribution in [-0.4, -0.2) is 4.92 Å². The van der Waals surface area contributed by atoms with Crippen molar-refractivity contribution in [1.29, 1.82) is 0 Å². The predicted molar refractivity (Wildman–Crippen MR) is 75.7 cm³/mol. The van der Waals surface area contributed by atoms with E-state index < -0.39 is 16.4 Å². The standard InChI is InChI=1S/C14H11BrFNO3/c15-12-6-2-1-4-10(12)8-20-9-11-5-3-7-13(14(11)16)17(18)19/h1-7H,8-9H2. The molecule has 6 heteroatoms. The van der Waals surface area contributed by atoms with Gasteiger partial charge in [0.15, 0.2) is 0 Å². The van der Waals surface area contributed by atoms with Crippen molar-refractivity contribution >= 4 is 21.6 Å². The van der Waals surface area contributed by atoms with Crippen LogP contribution in [-0.2, 0) is 18.0 Å². The number of hydrogen-bond acceptors (Lipinski definition) is 3. The van der Waals surface area contributed by atoms with Gasteiger partial charge in [-0.2, -0.15) is 4.39 Å². The minimum Gasteiger partial charge on any atom is -0.372 e. The number of halogens is 2. The first-order valence-electron chi connectivity index (χ1n) is 5.82. The number of nitrogens with zero attached hydrogens (tertiary/aromatic N) is 1. The van der Waals surface area contributed by atoms with Gasteiger partial charge in [-0.3, -0.25) is 10.1 Å². The largest absolute Gasteiger partial charge is 0.372 e. The van der Waals surface area contributed by atoms with Gasteiger partial charge in [-0.15, -0.1) is 0 Å². The Morgan fingerprint density at radius 1 is 1.10 bits per heavy atom. The molecule has 0 amide bonds. The topological polar surface area (TPSA) is 52.4 Å². The zero-order chi connectivity index (χ0) is 14.5. The van der Waals surface area contributed by atoms with Crippen molar-refractivity contribution in [3.8, 4) is 0 Å². The van der Waals surface area contributed by atoms with Crippen LogP contribution in [0.25, 0.3) is 0 Å². The number of benzene rings is 2. The zero-order valence-corrected chi connectivity index (χ0v) is 12.0. The molecule has 0 atom stereocenters. The van der Waals surface area contributed by atoms with E-state index in [1.54, 1.807) is 0 Å². The van der Waals surface area contributed by atoms with E-state index in [9.17, 15) is 14.5 Å². The van der Waals surface area contributed by atoms with E-state index in [0.717, 1.165) is 16.1 Å². The van der Waals surface area contributed by atoms with Gasteiger partial charge in [-0.25, -0.2) is 0 Å². The average Bonchev–Trinajstić information content (AvgIpc) is 2.42. The van der Waals surface area contributed by atoms with Crippen molar-refractivity contribution in [2.45, 2.75) is 13.2 Å². The van der Waals surface area contributed by atoms with Gasteiger partial charge < -0.3 is 4.74 Å². The summed E-state index contributed by atoms with van der Waals surface area (Å²) in [7, 11) is 0. The Labute approximate surface area is 123 Å². The Balaban J connectivity index is 2.03. The normalized spacial score (nSPS) is 10.5. The molecule has 0 N–H and O–H groups in total. The average molecular weight is 340 g/mol. The van der Waals surface area contributed by atoms with Crippen LogP contribution in [0.15, 0.2) is 46.9 Å². The monoisotopic (exact) mass is 339 g/mol. The molecule has 0 spiro atoms. The second-order valence-electron chi connectivity index (χ2n) is 4.09. The summed E-state index contributed by atoms with van der Waals surface area (Å²) in [5.74, 6) is -0.843. The van der Waals surface area contributed by atoms with E-state index >= 15 is 0 Å². The number of nitro groups is 1. The van der Waals surface area contributed by atoms with Gasteiger partial charge >= 0.3 is 5.69 Å². The minimum atomic E-state index is -0.843. The van der Waals surface area contributed by atoms with Gasteiger partial charge in [0.1, 0.15) is 0 Å². The molecule has 2 aromatic rings. The number of rotatable bonds is 5. The molecule has 0 unspecified atom stereocenters. The Morgan fingerprint density at radius 3 is 2.45 bits per heavy atom. The van der Waals surface area contributed by atoms with Crippen molar-refractivity contribution in [3.63, 3.8) is 0 Å². The summed E-state index contributed by atoms with van der Waals surface area (Å²) < 4.78 is 20.1. The van der Waals surface area contributed by atoms with Crippen LogP contribution in [0.3, 0.4) is 0 Å². The second kappa shape index (κ2) is 6.58. The Morgan fingerprint density at radius 2 is 1.75 bits per heavy atom. The quantitative estimate of drug-likeness (QED) is 0.605. The number of ether oxygens (including phenoxy) is 1. The number of nitro benzene ring substituents is 1. The molecule has 104 valence electrons. The van der Waals surface area contributed by atoms with Gasteiger partial charge in [0, 0.05) is 16.1 Å². The maximum atomic E-state index is 13.8. The highest BCUT2D eigenvalue weighted by Gasteiger charge is 2.17. The molecule has 2 aromatic carbocycles. The fourth-order valence-corrected chi connectivity index (χ4v) is 2.10.